The van der Waals surface area contributed by atoms with Gasteiger partial charge in [0.1, 0.15) is 11.5 Å². The highest BCUT2D eigenvalue weighted by Gasteiger charge is 2.14. The topological polar surface area (TPSA) is 27.7 Å². The summed E-state index contributed by atoms with van der Waals surface area (Å²) >= 11 is 0. The Bertz CT molecular complexity index is 485. The van der Waals surface area contributed by atoms with E-state index < -0.39 is 8.38 Å². The first-order valence-electron chi connectivity index (χ1n) is 6.13. The largest absolute Gasteiger partial charge is 0.497 e. The number of hydrogen-bond donors (Lipinski definition) is 0. The van der Waals surface area contributed by atoms with Gasteiger partial charge in [-0.05, 0) is 43.3 Å². The normalized spacial score (nSPS) is 11.9. The van der Waals surface area contributed by atoms with Crippen LogP contribution in [0.1, 0.15) is 6.92 Å². The quantitative estimate of drug-likeness (QED) is 0.752. The minimum atomic E-state index is -1.09. The number of hydrogen-bond acceptors (Lipinski definition) is 3. The van der Waals surface area contributed by atoms with Gasteiger partial charge in [0.05, 0.1) is 13.7 Å². The summed E-state index contributed by atoms with van der Waals surface area (Å²) in [6, 6.07) is 17.5. The highest BCUT2D eigenvalue weighted by molar-refractivity contribution is 7.56. The third-order valence-corrected chi connectivity index (χ3v) is 4.05. The van der Waals surface area contributed by atoms with E-state index in [2.05, 4.69) is 0 Å². The Hall–Kier alpha value is -1.57. The van der Waals surface area contributed by atoms with Crippen molar-refractivity contribution < 1.29 is 13.8 Å². The highest BCUT2D eigenvalue weighted by atomic mass is 31.2. The van der Waals surface area contributed by atoms with Crippen LogP contribution in [-0.4, -0.2) is 13.7 Å². The van der Waals surface area contributed by atoms with E-state index in [1.165, 1.54) is 0 Å². The first kappa shape index (κ1) is 13.9. The molecule has 2 rings (SSSR count). The molecule has 0 aliphatic heterocycles. The summed E-state index contributed by atoms with van der Waals surface area (Å²) in [4.78, 5) is 0. The summed E-state index contributed by atoms with van der Waals surface area (Å²) in [7, 11) is 0.559. The first-order valence-corrected chi connectivity index (χ1v) is 7.31. The molecule has 3 nitrogen and oxygen atoms in total. The molecule has 0 aliphatic carbocycles. The second-order valence-corrected chi connectivity index (χ2v) is 5.25. The van der Waals surface area contributed by atoms with E-state index in [1.54, 1.807) is 7.11 Å². The zero-order valence-electron chi connectivity index (χ0n) is 11.1. The van der Waals surface area contributed by atoms with Gasteiger partial charge in [-0.15, -0.1) is 0 Å². The molecule has 0 heterocycles. The van der Waals surface area contributed by atoms with Crippen LogP contribution < -0.4 is 14.6 Å². The lowest BCUT2D eigenvalue weighted by molar-refractivity contribution is 0.341. The van der Waals surface area contributed by atoms with Crippen LogP contribution in [0.3, 0.4) is 0 Å². The van der Waals surface area contributed by atoms with E-state index in [9.17, 15) is 0 Å². The van der Waals surface area contributed by atoms with Gasteiger partial charge in [-0.25, -0.2) is 0 Å². The molecule has 1 unspecified atom stereocenters. The molecule has 0 aliphatic rings. The van der Waals surface area contributed by atoms with Crippen LogP contribution in [0.4, 0.5) is 0 Å². The summed E-state index contributed by atoms with van der Waals surface area (Å²) in [5, 5.41) is 1.06. The van der Waals surface area contributed by atoms with E-state index in [0.717, 1.165) is 16.8 Å². The SMILES string of the molecule is CCOP(Oc1ccc(OC)cc1)c1ccccc1. The maximum absolute atomic E-state index is 5.93. The summed E-state index contributed by atoms with van der Waals surface area (Å²) < 4.78 is 16.8. The number of rotatable bonds is 6. The summed E-state index contributed by atoms with van der Waals surface area (Å²) in [6.45, 7) is 2.59. The fraction of sp³-hybridized carbons (Fsp3) is 0.200. The van der Waals surface area contributed by atoms with E-state index in [4.69, 9.17) is 13.8 Å². The van der Waals surface area contributed by atoms with Crippen molar-refractivity contribution in [1.82, 2.24) is 0 Å². The third-order valence-electron chi connectivity index (χ3n) is 2.46. The molecule has 0 amide bonds. The standard InChI is InChI=1S/C15H17O3P/c1-3-17-19(15-7-5-4-6-8-15)18-14-11-9-13(16-2)10-12-14/h4-12H,3H2,1-2H3. The predicted octanol–water partition coefficient (Wildman–Crippen LogP) is 3.75. The Morgan fingerprint density at radius 3 is 2.11 bits per heavy atom. The van der Waals surface area contributed by atoms with Gasteiger partial charge in [0.25, 0.3) is 8.38 Å². The van der Waals surface area contributed by atoms with Crippen molar-refractivity contribution in [1.29, 1.82) is 0 Å². The van der Waals surface area contributed by atoms with Crippen molar-refractivity contribution in [2.45, 2.75) is 6.92 Å². The van der Waals surface area contributed by atoms with Gasteiger partial charge >= 0.3 is 0 Å². The van der Waals surface area contributed by atoms with Gasteiger partial charge in [0, 0.05) is 5.30 Å². The molecule has 2 aromatic carbocycles. The lowest BCUT2D eigenvalue weighted by Crippen LogP contribution is -2.07. The molecule has 100 valence electrons. The maximum Gasteiger partial charge on any atom is 0.265 e. The van der Waals surface area contributed by atoms with Gasteiger partial charge < -0.3 is 13.8 Å². The molecule has 0 saturated heterocycles. The van der Waals surface area contributed by atoms with E-state index in [0.29, 0.717) is 6.61 Å². The zero-order valence-corrected chi connectivity index (χ0v) is 12.0. The van der Waals surface area contributed by atoms with E-state index >= 15 is 0 Å². The van der Waals surface area contributed by atoms with Gasteiger partial charge in [-0.2, -0.15) is 0 Å². The highest BCUT2D eigenvalue weighted by Crippen LogP contribution is 2.38. The molecule has 0 bridgehead atoms. The van der Waals surface area contributed by atoms with E-state index in [1.807, 2.05) is 61.5 Å². The van der Waals surface area contributed by atoms with Crippen molar-refractivity contribution in [3.63, 3.8) is 0 Å². The molecule has 0 N–H and O–H groups in total. The molecule has 19 heavy (non-hydrogen) atoms. The van der Waals surface area contributed by atoms with E-state index in [-0.39, 0.29) is 0 Å². The van der Waals surface area contributed by atoms with Crippen LogP contribution in [0.25, 0.3) is 0 Å². The molecule has 0 aromatic heterocycles. The third kappa shape index (κ3) is 3.95. The zero-order chi connectivity index (χ0) is 13.5. The minimum absolute atomic E-state index is 0.622. The second-order valence-electron chi connectivity index (χ2n) is 3.78. The predicted molar refractivity (Wildman–Crippen MR) is 78.2 cm³/mol. The summed E-state index contributed by atoms with van der Waals surface area (Å²) in [6.07, 6.45) is 0. The van der Waals surface area contributed by atoms with Crippen molar-refractivity contribution in [3.8, 4) is 11.5 Å². The Balaban J connectivity index is 2.11. The fourth-order valence-electron chi connectivity index (χ4n) is 1.55. The maximum atomic E-state index is 5.93. The number of ether oxygens (including phenoxy) is 1. The van der Waals surface area contributed by atoms with Crippen LogP contribution in [0.2, 0.25) is 0 Å². The van der Waals surface area contributed by atoms with Gasteiger partial charge in [-0.1, -0.05) is 18.2 Å². The van der Waals surface area contributed by atoms with Gasteiger partial charge in [0.15, 0.2) is 0 Å². The van der Waals surface area contributed by atoms with Crippen LogP contribution in [0.5, 0.6) is 11.5 Å². The van der Waals surface area contributed by atoms with Gasteiger partial charge in [-0.3, -0.25) is 0 Å². The average molecular weight is 276 g/mol. The smallest absolute Gasteiger partial charge is 0.265 e. The van der Waals surface area contributed by atoms with Crippen LogP contribution in [0, 0.1) is 0 Å². The average Bonchev–Trinajstić information content (AvgIpc) is 2.48. The van der Waals surface area contributed by atoms with Crippen molar-refractivity contribution in [2.75, 3.05) is 13.7 Å². The molecule has 0 fully saturated rings. The molecular weight excluding hydrogens is 259 g/mol. The minimum Gasteiger partial charge on any atom is -0.497 e. The Kier molecular flexibility index (Phi) is 5.20. The number of methoxy groups -OCH3 is 1. The van der Waals surface area contributed by atoms with Crippen molar-refractivity contribution >= 4 is 13.7 Å². The molecule has 1 atom stereocenters. The summed E-state index contributed by atoms with van der Waals surface area (Å²) in [5.74, 6) is 1.59. The van der Waals surface area contributed by atoms with Crippen LogP contribution in [-0.2, 0) is 4.52 Å². The lowest BCUT2D eigenvalue weighted by atomic mass is 10.3. The molecule has 2 aromatic rings. The Morgan fingerprint density at radius 1 is 0.895 bits per heavy atom. The first-order chi connectivity index (χ1) is 9.33. The molecule has 0 saturated carbocycles. The van der Waals surface area contributed by atoms with Gasteiger partial charge in [0.2, 0.25) is 0 Å². The Morgan fingerprint density at radius 2 is 1.53 bits per heavy atom. The van der Waals surface area contributed by atoms with Crippen molar-refractivity contribution in [3.05, 3.63) is 54.6 Å². The Labute approximate surface area is 115 Å². The van der Waals surface area contributed by atoms with Crippen LogP contribution in [0.15, 0.2) is 54.6 Å². The lowest BCUT2D eigenvalue weighted by Gasteiger charge is -2.17. The fourth-order valence-corrected chi connectivity index (χ4v) is 2.82. The molecule has 0 spiro atoms. The monoisotopic (exact) mass is 276 g/mol. The molecule has 0 radical (unpaired) electrons. The summed E-state index contributed by atoms with van der Waals surface area (Å²) in [5.41, 5.74) is 0. The second kappa shape index (κ2) is 7.13. The van der Waals surface area contributed by atoms with Crippen molar-refractivity contribution in [2.24, 2.45) is 0 Å². The molecule has 4 heteroatoms. The van der Waals surface area contributed by atoms with Crippen LogP contribution >= 0.6 is 8.38 Å². The number of benzene rings is 2. The molecular formula is C15H17O3P.